The molecule has 3 unspecified atom stereocenters. The van der Waals surface area contributed by atoms with E-state index in [0.717, 1.165) is 44.9 Å². The maximum absolute atomic E-state index is 12.7. The summed E-state index contributed by atoms with van der Waals surface area (Å²) in [5, 5.41) is 12.6. The first kappa shape index (κ1) is 21.5. The largest absolute Gasteiger partial charge is 0.335 e. The Labute approximate surface area is 168 Å². The van der Waals surface area contributed by atoms with Gasteiger partial charge in [0.2, 0.25) is 0 Å². The summed E-state index contributed by atoms with van der Waals surface area (Å²) in [4.78, 5) is 30.1. The maximum Gasteiger partial charge on any atom is 0.317 e. The second-order valence-corrected chi connectivity index (χ2v) is 8.68. The Morgan fingerprint density at radius 1 is 0.893 bits per heavy atom. The molecule has 0 radical (unpaired) electrons. The molecule has 3 aliphatic rings. The van der Waals surface area contributed by atoms with Crippen molar-refractivity contribution in [2.45, 2.75) is 95.7 Å². The van der Waals surface area contributed by atoms with E-state index >= 15 is 0 Å². The molecule has 8 heteroatoms. The predicted molar refractivity (Wildman–Crippen MR) is 107 cm³/mol. The summed E-state index contributed by atoms with van der Waals surface area (Å²) in [6.07, 6.45) is 9.93. The van der Waals surface area contributed by atoms with Crippen LogP contribution in [0.4, 0.5) is 4.79 Å². The van der Waals surface area contributed by atoms with Crippen LogP contribution in [-0.2, 0) is 9.63 Å². The van der Waals surface area contributed by atoms with Crippen LogP contribution in [0.3, 0.4) is 0 Å². The number of ketones is 1. The Bertz CT molecular complexity index is 518. The monoisotopic (exact) mass is 395 g/mol. The van der Waals surface area contributed by atoms with Gasteiger partial charge in [-0.1, -0.05) is 19.3 Å². The van der Waals surface area contributed by atoms with Gasteiger partial charge in [0.25, 0.3) is 0 Å². The molecule has 3 rings (SSSR count). The number of hydrogen-bond donors (Lipinski definition) is 5. The van der Waals surface area contributed by atoms with Gasteiger partial charge in [0, 0.05) is 23.9 Å². The maximum atomic E-state index is 12.7. The summed E-state index contributed by atoms with van der Waals surface area (Å²) < 4.78 is 0. The molecule has 1 heterocycles. The highest BCUT2D eigenvalue weighted by atomic mass is 16.6. The van der Waals surface area contributed by atoms with Crippen LogP contribution >= 0.6 is 0 Å². The topological polar surface area (TPSA) is 104 Å². The molecular weight excluding hydrogens is 358 g/mol. The molecule has 0 bridgehead atoms. The molecule has 0 spiro atoms. The van der Waals surface area contributed by atoms with E-state index in [1.54, 1.807) is 7.11 Å². The van der Waals surface area contributed by atoms with Crippen molar-refractivity contribution in [3.8, 4) is 0 Å². The van der Waals surface area contributed by atoms with Crippen LogP contribution in [0.1, 0.15) is 71.1 Å². The number of Topliss-reactive ketones (excluding diaryl/α,β-unsaturated/α-hetero) is 1. The van der Waals surface area contributed by atoms with Crippen LogP contribution in [0.15, 0.2) is 0 Å². The van der Waals surface area contributed by atoms with Gasteiger partial charge in [-0.05, 0) is 51.9 Å². The number of nitrogens with one attached hydrogen (secondary N) is 5. The molecule has 2 amide bonds. The third-order valence-electron chi connectivity index (χ3n) is 6.42. The van der Waals surface area contributed by atoms with E-state index in [-0.39, 0.29) is 36.5 Å². The quantitative estimate of drug-likeness (QED) is 0.439. The van der Waals surface area contributed by atoms with Gasteiger partial charge in [-0.15, -0.1) is 0 Å². The van der Waals surface area contributed by atoms with Crippen LogP contribution in [0.2, 0.25) is 0 Å². The minimum Gasteiger partial charge on any atom is -0.335 e. The molecular formula is C20H37N5O3. The molecule has 2 aliphatic carbocycles. The second kappa shape index (κ2) is 10.5. The third kappa shape index (κ3) is 6.14. The Morgan fingerprint density at radius 2 is 1.57 bits per heavy atom. The number of carbonyl (C=O) groups is 2. The Balaban J connectivity index is 1.38. The van der Waals surface area contributed by atoms with E-state index in [2.05, 4.69) is 33.7 Å². The Kier molecular flexibility index (Phi) is 8.08. The average Bonchev–Trinajstić information content (AvgIpc) is 2.68. The van der Waals surface area contributed by atoms with E-state index in [4.69, 9.17) is 4.84 Å². The van der Waals surface area contributed by atoms with Crippen LogP contribution in [0.5, 0.6) is 0 Å². The highest BCUT2D eigenvalue weighted by Crippen LogP contribution is 2.32. The number of amides is 2. The first-order valence-electron chi connectivity index (χ1n) is 11.0. The summed E-state index contributed by atoms with van der Waals surface area (Å²) >= 11 is 0. The zero-order valence-corrected chi connectivity index (χ0v) is 17.3. The van der Waals surface area contributed by atoms with Crippen molar-refractivity contribution in [3.63, 3.8) is 0 Å². The minimum atomic E-state index is -0.319. The van der Waals surface area contributed by atoms with Crippen molar-refractivity contribution in [3.05, 3.63) is 0 Å². The number of rotatable bonds is 6. The molecule has 160 valence electrons. The standard InChI is InChI=1S/C20H37N5O3/c1-13-12-17(25-28-2)23-19(21-13)24-20(27)22-16-10-8-15(9-11-16)18(26)14-6-4-3-5-7-14/h13-17,19,21,23,25H,3-12H2,1-2H3,(H2,22,24,27). The Hall–Kier alpha value is -1.22. The smallest absolute Gasteiger partial charge is 0.317 e. The predicted octanol–water partition coefficient (Wildman–Crippen LogP) is 1.73. The van der Waals surface area contributed by atoms with Gasteiger partial charge < -0.3 is 15.5 Å². The summed E-state index contributed by atoms with van der Waals surface area (Å²) in [6, 6.07) is 0.210. The summed E-state index contributed by atoms with van der Waals surface area (Å²) in [5.74, 6) is 0.988. The van der Waals surface area contributed by atoms with Gasteiger partial charge in [-0.25, -0.2) is 4.79 Å². The number of urea groups is 1. The van der Waals surface area contributed by atoms with E-state index < -0.39 is 0 Å². The normalized spacial score (nSPS) is 34.6. The van der Waals surface area contributed by atoms with E-state index in [9.17, 15) is 9.59 Å². The van der Waals surface area contributed by atoms with Crippen LogP contribution < -0.4 is 26.7 Å². The number of hydrogen-bond acceptors (Lipinski definition) is 6. The average molecular weight is 396 g/mol. The van der Waals surface area contributed by atoms with E-state index in [1.807, 2.05) is 0 Å². The Morgan fingerprint density at radius 3 is 2.25 bits per heavy atom. The van der Waals surface area contributed by atoms with Gasteiger partial charge in [-0.2, -0.15) is 5.48 Å². The van der Waals surface area contributed by atoms with Crippen molar-refractivity contribution >= 4 is 11.8 Å². The highest BCUT2D eigenvalue weighted by molar-refractivity contribution is 5.83. The lowest BCUT2D eigenvalue weighted by Crippen LogP contribution is -2.68. The molecule has 8 nitrogen and oxygen atoms in total. The highest BCUT2D eigenvalue weighted by Gasteiger charge is 2.32. The summed E-state index contributed by atoms with van der Waals surface area (Å²) in [5.41, 5.74) is 2.89. The molecule has 28 heavy (non-hydrogen) atoms. The lowest BCUT2D eigenvalue weighted by Gasteiger charge is -2.37. The van der Waals surface area contributed by atoms with E-state index in [1.165, 1.54) is 19.3 Å². The molecule has 0 aromatic heterocycles. The fourth-order valence-electron chi connectivity index (χ4n) is 4.93. The molecule has 5 N–H and O–H groups in total. The lowest BCUT2D eigenvalue weighted by atomic mass is 9.75. The van der Waals surface area contributed by atoms with Crippen LogP contribution in [0, 0.1) is 11.8 Å². The molecule has 2 saturated carbocycles. The first-order chi connectivity index (χ1) is 13.5. The van der Waals surface area contributed by atoms with Crippen molar-refractivity contribution in [1.82, 2.24) is 26.7 Å². The fraction of sp³-hybridized carbons (Fsp3) is 0.900. The first-order valence-corrected chi connectivity index (χ1v) is 11.0. The van der Waals surface area contributed by atoms with Gasteiger partial charge in [-0.3, -0.25) is 15.4 Å². The molecule has 3 atom stereocenters. The molecule has 0 aromatic rings. The van der Waals surface area contributed by atoms with E-state index in [0.29, 0.717) is 11.7 Å². The molecule has 1 saturated heterocycles. The molecule has 0 aromatic carbocycles. The van der Waals surface area contributed by atoms with Gasteiger partial charge >= 0.3 is 6.03 Å². The van der Waals surface area contributed by atoms with Crippen LogP contribution in [-0.4, -0.2) is 43.5 Å². The van der Waals surface area contributed by atoms with Gasteiger partial charge in [0.05, 0.1) is 13.3 Å². The SMILES string of the molecule is CONC1CC(C)NC(NC(=O)NC2CCC(C(=O)C3CCCCC3)CC2)N1. The van der Waals surface area contributed by atoms with Crippen molar-refractivity contribution < 1.29 is 14.4 Å². The van der Waals surface area contributed by atoms with Crippen molar-refractivity contribution in [2.75, 3.05) is 7.11 Å². The van der Waals surface area contributed by atoms with Gasteiger partial charge in [0.15, 0.2) is 0 Å². The lowest BCUT2D eigenvalue weighted by molar-refractivity contribution is -0.128. The summed E-state index contributed by atoms with van der Waals surface area (Å²) in [7, 11) is 1.58. The third-order valence-corrected chi connectivity index (χ3v) is 6.42. The number of carbonyl (C=O) groups excluding carboxylic acids is 2. The summed E-state index contributed by atoms with van der Waals surface area (Å²) in [6.45, 7) is 2.07. The van der Waals surface area contributed by atoms with Crippen molar-refractivity contribution in [1.29, 1.82) is 0 Å². The number of hydroxylamine groups is 1. The molecule has 3 fully saturated rings. The zero-order valence-electron chi connectivity index (χ0n) is 17.3. The van der Waals surface area contributed by atoms with Gasteiger partial charge in [0.1, 0.15) is 12.1 Å². The molecule has 1 aliphatic heterocycles. The van der Waals surface area contributed by atoms with Crippen molar-refractivity contribution in [2.24, 2.45) is 11.8 Å². The minimum absolute atomic E-state index is 0.0206. The zero-order chi connectivity index (χ0) is 19.9. The van der Waals surface area contributed by atoms with Crippen LogP contribution in [0.25, 0.3) is 0 Å². The second-order valence-electron chi connectivity index (χ2n) is 8.68. The fourth-order valence-corrected chi connectivity index (χ4v) is 4.93.